The van der Waals surface area contributed by atoms with E-state index in [1.165, 1.54) is 6.92 Å². The number of amides is 1. The van der Waals surface area contributed by atoms with Crippen molar-refractivity contribution in [2.45, 2.75) is 13.2 Å². The fraction of sp³-hybridized carbons (Fsp3) is 0.750. The molecule has 0 heterocycles. The van der Waals surface area contributed by atoms with Crippen molar-refractivity contribution in [2.24, 2.45) is 5.73 Å². The van der Waals surface area contributed by atoms with Gasteiger partial charge in [0.15, 0.2) is 0 Å². The zero-order chi connectivity index (χ0) is 6.57. The average Bonchev–Trinajstić information content (AvgIpc) is 1.61. The molecule has 1 atom stereocenters. The number of primary amides is 1. The Morgan fingerprint density at radius 1 is 2.00 bits per heavy atom. The van der Waals surface area contributed by atoms with E-state index < -0.39 is 12.1 Å². The third-order valence-corrected chi connectivity index (χ3v) is 0.572. The van der Waals surface area contributed by atoms with Gasteiger partial charge in [0.2, 0.25) is 5.91 Å². The minimum absolute atomic E-state index is 0.0255. The highest BCUT2D eigenvalue weighted by Crippen LogP contribution is 1.66. The molecule has 0 saturated heterocycles. The lowest BCUT2D eigenvalue weighted by Gasteiger charge is -2.02. The maximum Gasteiger partial charge on any atom is 0.231 e. The van der Waals surface area contributed by atoms with Gasteiger partial charge in [0.05, 0.1) is 6.54 Å². The highest BCUT2D eigenvalue weighted by atomic mass is 16.3. The van der Waals surface area contributed by atoms with Gasteiger partial charge in [0.1, 0.15) is 6.23 Å². The van der Waals surface area contributed by atoms with Crippen LogP contribution in [0.3, 0.4) is 0 Å². The van der Waals surface area contributed by atoms with Crippen molar-refractivity contribution in [1.29, 1.82) is 0 Å². The Balaban J connectivity index is 3.05. The third-order valence-electron chi connectivity index (χ3n) is 0.572. The summed E-state index contributed by atoms with van der Waals surface area (Å²) < 4.78 is 0. The van der Waals surface area contributed by atoms with Crippen LogP contribution in [-0.4, -0.2) is 23.8 Å². The molecule has 0 aliphatic heterocycles. The molecule has 0 aromatic rings. The summed E-state index contributed by atoms with van der Waals surface area (Å²) >= 11 is 0. The van der Waals surface area contributed by atoms with Crippen LogP contribution in [0.2, 0.25) is 0 Å². The van der Waals surface area contributed by atoms with E-state index in [1.807, 2.05) is 0 Å². The number of rotatable bonds is 3. The molecule has 0 aromatic carbocycles. The van der Waals surface area contributed by atoms with Crippen molar-refractivity contribution in [1.82, 2.24) is 5.32 Å². The van der Waals surface area contributed by atoms with Gasteiger partial charge in [0, 0.05) is 0 Å². The molecule has 0 bridgehead atoms. The number of carbonyl (C=O) groups excluding carboxylic acids is 1. The standard InChI is InChI=1S/C4H10N2O2/c1-3(7)6-2-4(5)8/h3,6-7H,2H2,1H3,(H2,5,8). The molecule has 8 heavy (non-hydrogen) atoms. The molecule has 0 aliphatic carbocycles. The van der Waals surface area contributed by atoms with Crippen LogP contribution in [0.25, 0.3) is 0 Å². The van der Waals surface area contributed by atoms with Crippen molar-refractivity contribution in [3.63, 3.8) is 0 Å². The Hall–Kier alpha value is -0.610. The average molecular weight is 118 g/mol. The van der Waals surface area contributed by atoms with Crippen molar-refractivity contribution in [2.75, 3.05) is 6.54 Å². The first-order chi connectivity index (χ1) is 3.63. The molecule has 0 fully saturated rings. The first-order valence-electron chi connectivity index (χ1n) is 2.32. The SMILES string of the molecule is CC(O)NCC(N)=O. The van der Waals surface area contributed by atoms with Gasteiger partial charge in [-0.15, -0.1) is 0 Å². The number of nitrogens with one attached hydrogen (secondary N) is 1. The minimum Gasteiger partial charge on any atom is -0.379 e. The summed E-state index contributed by atoms with van der Waals surface area (Å²) in [4.78, 5) is 9.95. The molecule has 0 spiro atoms. The molecule has 0 saturated carbocycles. The van der Waals surface area contributed by atoms with Crippen molar-refractivity contribution in [3.8, 4) is 0 Å². The fourth-order valence-electron chi connectivity index (χ4n) is 0.248. The van der Waals surface area contributed by atoms with Gasteiger partial charge >= 0.3 is 0 Å². The van der Waals surface area contributed by atoms with Crippen LogP contribution >= 0.6 is 0 Å². The molecule has 4 nitrogen and oxygen atoms in total. The number of hydrogen-bond donors (Lipinski definition) is 3. The summed E-state index contributed by atoms with van der Waals surface area (Å²) in [5.74, 6) is -0.467. The molecular weight excluding hydrogens is 108 g/mol. The fourth-order valence-corrected chi connectivity index (χ4v) is 0.248. The number of aliphatic hydroxyl groups is 1. The first-order valence-corrected chi connectivity index (χ1v) is 2.32. The van der Waals surface area contributed by atoms with Crippen molar-refractivity contribution < 1.29 is 9.90 Å². The lowest BCUT2D eigenvalue weighted by Crippen LogP contribution is -2.34. The van der Waals surface area contributed by atoms with Gasteiger partial charge in [-0.25, -0.2) is 0 Å². The summed E-state index contributed by atoms with van der Waals surface area (Å²) in [6.07, 6.45) is -0.664. The van der Waals surface area contributed by atoms with Crippen LogP contribution in [0.1, 0.15) is 6.92 Å². The molecular formula is C4H10N2O2. The van der Waals surface area contributed by atoms with Crippen LogP contribution in [0, 0.1) is 0 Å². The van der Waals surface area contributed by atoms with E-state index in [9.17, 15) is 4.79 Å². The number of carbonyl (C=O) groups is 1. The van der Waals surface area contributed by atoms with E-state index in [0.29, 0.717) is 0 Å². The lowest BCUT2D eigenvalue weighted by atomic mass is 10.5. The van der Waals surface area contributed by atoms with Crippen LogP contribution in [0.4, 0.5) is 0 Å². The monoisotopic (exact) mass is 118 g/mol. The summed E-state index contributed by atoms with van der Waals surface area (Å²) in [5, 5.41) is 10.9. The Bertz CT molecular complexity index is 82.1. The van der Waals surface area contributed by atoms with Gasteiger partial charge in [-0.05, 0) is 6.92 Å². The van der Waals surface area contributed by atoms with E-state index in [1.54, 1.807) is 0 Å². The second kappa shape index (κ2) is 3.40. The second-order valence-electron chi connectivity index (χ2n) is 1.52. The Labute approximate surface area is 47.7 Å². The van der Waals surface area contributed by atoms with E-state index in [4.69, 9.17) is 10.8 Å². The Morgan fingerprint density at radius 3 is 2.62 bits per heavy atom. The minimum atomic E-state index is -0.664. The van der Waals surface area contributed by atoms with Gasteiger partial charge in [-0.1, -0.05) is 0 Å². The molecule has 4 heteroatoms. The van der Waals surface area contributed by atoms with Gasteiger partial charge in [-0.3, -0.25) is 10.1 Å². The zero-order valence-corrected chi connectivity index (χ0v) is 4.72. The van der Waals surface area contributed by atoms with Crippen LogP contribution in [0.15, 0.2) is 0 Å². The maximum absolute atomic E-state index is 9.95. The molecule has 1 amide bonds. The number of hydrogen-bond acceptors (Lipinski definition) is 3. The van der Waals surface area contributed by atoms with E-state index in [2.05, 4.69) is 5.32 Å². The number of nitrogens with two attached hydrogens (primary N) is 1. The predicted molar refractivity (Wildman–Crippen MR) is 28.9 cm³/mol. The first kappa shape index (κ1) is 7.39. The van der Waals surface area contributed by atoms with Crippen LogP contribution < -0.4 is 11.1 Å². The topological polar surface area (TPSA) is 75.3 Å². The van der Waals surface area contributed by atoms with E-state index >= 15 is 0 Å². The molecule has 0 aliphatic rings. The van der Waals surface area contributed by atoms with Crippen LogP contribution in [-0.2, 0) is 4.79 Å². The summed E-state index contributed by atoms with van der Waals surface area (Å²) in [5.41, 5.74) is 4.73. The van der Waals surface area contributed by atoms with Gasteiger partial charge in [-0.2, -0.15) is 0 Å². The van der Waals surface area contributed by atoms with Gasteiger partial charge < -0.3 is 10.8 Å². The summed E-state index contributed by atoms with van der Waals surface area (Å²) in [6.45, 7) is 1.54. The molecule has 0 aromatic heterocycles. The summed E-state index contributed by atoms with van der Waals surface area (Å²) in [6, 6.07) is 0. The Kier molecular flexibility index (Phi) is 3.14. The molecule has 1 unspecified atom stereocenters. The zero-order valence-electron chi connectivity index (χ0n) is 4.72. The molecule has 4 N–H and O–H groups in total. The van der Waals surface area contributed by atoms with E-state index in [0.717, 1.165) is 0 Å². The summed E-state index contributed by atoms with van der Waals surface area (Å²) in [7, 11) is 0. The molecule has 48 valence electrons. The lowest BCUT2D eigenvalue weighted by molar-refractivity contribution is -0.117. The highest BCUT2D eigenvalue weighted by Gasteiger charge is 1.94. The smallest absolute Gasteiger partial charge is 0.231 e. The maximum atomic E-state index is 9.95. The second-order valence-corrected chi connectivity index (χ2v) is 1.52. The largest absolute Gasteiger partial charge is 0.379 e. The van der Waals surface area contributed by atoms with Crippen molar-refractivity contribution in [3.05, 3.63) is 0 Å². The predicted octanol–water partition coefficient (Wildman–Crippen LogP) is -1.60. The highest BCUT2D eigenvalue weighted by molar-refractivity contribution is 5.75. The number of aliphatic hydroxyl groups excluding tert-OH is 1. The Morgan fingerprint density at radius 2 is 2.50 bits per heavy atom. The third kappa shape index (κ3) is 5.39. The van der Waals surface area contributed by atoms with Crippen LogP contribution in [0.5, 0.6) is 0 Å². The molecule has 0 radical (unpaired) electrons. The van der Waals surface area contributed by atoms with Gasteiger partial charge in [0.25, 0.3) is 0 Å². The van der Waals surface area contributed by atoms with E-state index in [-0.39, 0.29) is 6.54 Å². The quantitative estimate of drug-likeness (QED) is 0.391. The van der Waals surface area contributed by atoms with Crippen molar-refractivity contribution >= 4 is 5.91 Å². The normalized spacial score (nSPS) is 13.2. The molecule has 0 rings (SSSR count).